The summed E-state index contributed by atoms with van der Waals surface area (Å²) in [5.74, 6) is -5.45. The first kappa shape index (κ1) is 43.7. The summed E-state index contributed by atoms with van der Waals surface area (Å²) in [6.07, 6.45) is 11.3. The fraction of sp³-hybridized carbons (Fsp3) is 0.750. The van der Waals surface area contributed by atoms with Crippen molar-refractivity contribution < 1.29 is 39.6 Å². The molecule has 2 unspecified atom stereocenters. The van der Waals surface area contributed by atoms with E-state index >= 15 is 0 Å². The van der Waals surface area contributed by atoms with Crippen LogP contribution in [0.15, 0.2) is 23.3 Å². The molecule has 0 saturated carbocycles. The molecule has 0 aromatic rings. The van der Waals surface area contributed by atoms with Crippen LogP contribution in [-0.4, -0.2) is 51.2 Å². The SMILES string of the molecule is CCCCC(CC)C(CC)(CC)/C(=C/C(=O)[O-])C(=O)[O-].CCCCC(CC)C(CC)(CC)/C(=C/C(=O)[O-])C(=O)[O-].[Pb]. The Bertz CT molecular complexity index is 784. The molecule has 0 rings (SSSR count). The van der Waals surface area contributed by atoms with Gasteiger partial charge in [-0.3, -0.25) is 0 Å². The van der Waals surface area contributed by atoms with Crippen molar-refractivity contribution in [1.82, 2.24) is 0 Å². The molecule has 0 aromatic heterocycles. The molecule has 0 amide bonds. The number of carboxylic acid groups (broad SMARTS) is 4. The van der Waals surface area contributed by atoms with Crippen LogP contribution in [0.1, 0.15) is 132 Å². The first-order valence-corrected chi connectivity index (χ1v) is 15.1. The minimum Gasteiger partial charge on any atom is -0.545 e. The maximum atomic E-state index is 11.4. The van der Waals surface area contributed by atoms with E-state index in [1.807, 2.05) is 41.5 Å². The number of carbonyl (C=O) groups is 4. The Labute approximate surface area is 268 Å². The largest absolute Gasteiger partial charge is 0.545 e. The molecule has 4 radical (unpaired) electrons. The third kappa shape index (κ3) is 13.0. The van der Waals surface area contributed by atoms with Crippen molar-refractivity contribution in [2.75, 3.05) is 0 Å². The monoisotopic (exact) mass is 772 g/mol. The molecule has 0 aliphatic rings. The van der Waals surface area contributed by atoms with Gasteiger partial charge in [-0.15, -0.1) is 0 Å². The minimum atomic E-state index is -1.47. The summed E-state index contributed by atoms with van der Waals surface area (Å²) in [6, 6.07) is 0. The van der Waals surface area contributed by atoms with Gasteiger partial charge in [0.2, 0.25) is 0 Å². The van der Waals surface area contributed by atoms with Gasteiger partial charge >= 0.3 is 0 Å². The summed E-state index contributed by atoms with van der Waals surface area (Å²) in [4.78, 5) is 44.5. The predicted octanol–water partition coefficient (Wildman–Crippen LogP) is 2.49. The molecule has 0 fully saturated rings. The second-order valence-corrected chi connectivity index (χ2v) is 10.6. The number of carboxylic acids is 4. The maximum Gasteiger partial charge on any atom is 0.0681 e. The molecule has 0 saturated heterocycles. The summed E-state index contributed by atoms with van der Waals surface area (Å²) in [5.41, 5.74) is -1.54. The normalized spacial score (nSPS) is 13.8. The molecule has 0 N–H and O–H groups in total. The van der Waals surface area contributed by atoms with Crippen LogP contribution >= 0.6 is 0 Å². The summed E-state index contributed by atoms with van der Waals surface area (Å²) >= 11 is 0. The van der Waals surface area contributed by atoms with Gasteiger partial charge in [0.1, 0.15) is 0 Å². The van der Waals surface area contributed by atoms with Gasteiger partial charge in [-0.25, -0.2) is 0 Å². The average Bonchev–Trinajstić information content (AvgIpc) is 2.91. The second kappa shape index (κ2) is 22.8. The van der Waals surface area contributed by atoms with E-state index < -0.39 is 34.7 Å². The van der Waals surface area contributed by atoms with Crippen LogP contribution in [0, 0.1) is 22.7 Å². The third-order valence-corrected chi connectivity index (χ3v) is 8.92. The van der Waals surface area contributed by atoms with E-state index in [1.54, 1.807) is 0 Å². The molecule has 0 aliphatic heterocycles. The van der Waals surface area contributed by atoms with Gasteiger partial charge in [-0.05, 0) is 84.5 Å². The second-order valence-electron chi connectivity index (χ2n) is 10.6. The number of hydrogen-bond donors (Lipinski definition) is 0. The van der Waals surface area contributed by atoms with Crippen LogP contribution in [0.2, 0.25) is 0 Å². The summed E-state index contributed by atoms with van der Waals surface area (Å²) in [5, 5.41) is 44.5. The van der Waals surface area contributed by atoms with Crippen LogP contribution in [0.25, 0.3) is 0 Å². The fourth-order valence-corrected chi connectivity index (χ4v) is 6.55. The van der Waals surface area contributed by atoms with Gasteiger partial charge in [0.25, 0.3) is 0 Å². The standard InChI is InChI=1S/2C16H28O4.Pb/c2*1-5-9-10-12(6-2)16(7-3,8-4)13(15(19)20)11-14(17)18;/h2*11-12H,5-10H2,1-4H3,(H,17,18)(H,19,20);/p-4/b2*13-11+;. The van der Waals surface area contributed by atoms with E-state index in [0.29, 0.717) is 25.7 Å². The zero-order valence-electron chi connectivity index (χ0n) is 26.6. The molecular weight excluding hydrogens is 720 g/mol. The van der Waals surface area contributed by atoms with E-state index in [-0.39, 0.29) is 50.3 Å². The molecular formula is C32H52O8Pb-4. The third-order valence-electron chi connectivity index (χ3n) is 8.92. The van der Waals surface area contributed by atoms with Crippen LogP contribution in [0.5, 0.6) is 0 Å². The first-order chi connectivity index (χ1) is 18.8. The number of carbonyl (C=O) groups excluding carboxylic acids is 4. The van der Waals surface area contributed by atoms with E-state index in [9.17, 15) is 39.6 Å². The fourth-order valence-electron chi connectivity index (χ4n) is 6.55. The number of aliphatic carboxylic acids is 4. The Kier molecular flexibility index (Phi) is 24.3. The Morgan fingerprint density at radius 2 is 0.829 bits per heavy atom. The van der Waals surface area contributed by atoms with Crippen molar-refractivity contribution in [1.29, 1.82) is 0 Å². The summed E-state index contributed by atoms with van der Waals surface area (Å²) in [7, 11) is 0. The van der Waals surface area contributed by atoms with Crippen LogP contribution in [-0.2, 0) is 19.2 Å². The van der Waals surface area contributed by atoms with Gasteiger partial charge in [0.05, 0.1) is 23.9 Å². The van der Waals surface area contributed by atoms with Gasteiger partial charge in [0.15, 0.2) is 0 Å². The van der Waals surface area contributed by atoms with Crippen molar-refractivity contribution in [3.05, 3.63) is 23.3 Å². The van der Waals surface area contributed by atoms with Crippen molar-refractivity contribution >= 4 is 51.2 Å². The van der Waals surface area contributed by atoms with Gasteiger partial charge in [-0.2, -0.15) is 0 Å². The zero-order chi connectivity index (χ0) is 31.5. The van der Waals surface area contributed by atoms with Crippen molar-refractivity contribution in [2.24, 2.45) is 22.7 Å². The van der Waals surface area contributed by atoms with E-state index in [2.05, 4.69) is 13.8 Å². The van der Waals surface area contributed by atoms with Crippen LogP contribution in [0.3, 0.4) is 0 Å². The minimum absolute atomic E-state index is 0. The van der Waals surface area contributed by atoms with Crippen LogP contribution < -0.4 is 20.4 Å². The molecule has 9 heteroatoms. The Morgan fingerprint density at radius 1 is 0.561 bits per heavy atom. The molecule has 236 valence electrons. The van der Waals surface area contributed by atoms with Gasteiger partial charge < -0.3 is 39.6 Å². The maximum absolute atomic E-state index is 11.4. The van der Waals surface area contributed by atoms with Gasteiger partial charge in [0, 0.05) is 27.3 Å². The Balaban J connectivity index is -0.000000688. The van der Waals surface area contributed by atoms with Gasteiger partial charge in [-0.1, -0.05) is 93.9 Å². The smallest absolute Gasteiger partial charge is 0.0681 e. The van der Waals surface area contributed by atoms with Crippen molar-refractivity contribution in [3.8, 4) is 0 Å². The number of unbranched alkanes of at least 4 members (excludes halogenated alkanes) is 2. The summed E-state index contributed by atoms with van der Waals surface area (Å²) < 4.78 is 0. The molecule has 41 heavy (non-hydrogen) atoms. The Morgan fingerprint density at radius 3 is 0.976 bits per heavy atom. The van der Waals surface area contributed by atoms with Crippen molar-refractivity contribution in [3.63, 3.8) is 0 Å². The number of rotatable bonds is 20. The van der Waals surface area contributed by atoms with E-state index in [0.717, 1.165) is 63.5 Å². The average molecular weight is 772 g/mol. The molecule has 0 aliphatic carbocycles. The molecule has 0 aromatic carbocycles. The van der Waals surface area contributed by atoms with E-state index in [4.69, 9.17) is 0 Å². The topological polar surface area (TPSA) is 161 Å². The van der Waals surface area contributed by atoms with E-state index in [1.165, 1.54) is 0 Å². The zero-order valence-corrected chi connectivity index (χ0v) is 30.4. The summed E-state index contributed by atoms with van der Waals surface area (Å²) in [6.45, 7) is 15.8. The molecule has 0 heterocycles. The molecule has 2 atom stereocenters. The van der Waals surface area contributed by atoms with Crippen molar-refractivity contribution in [2.45, 2.75) is 132 Å². The van der Waals surface area contributed by atoms with Crippen LogP contribution in [0.4, 0.5) is 0 Å². The molecule has 0 bridgehead atoms. The predicted molar refractivity (Wildman–Crippen MR) is 155 cm³/mol. The Hall–Kier alpha value is -1.72. The number of hydrogen-bond acceptors (Lipinski definition) is 8. The quantitative estimate of drug-likeness (QED) is 0.135. The molecule has 0 spiro atoms. The first-order valence-electron chi connectivity index (χ1n) is 15.1. The molecule has 8 nitrogen and oxygen atoms in total.